The Morgan fingerprint density at radius 1 is 1.00 bits per heavy atom. The van der Waals surface area contributed by atoms with Crippen molar-refractivity contribution in [3.8, 4) is 19.7 Å². The van der Waals surface area contributed by atoms with Crippen LogP contribution in [0, 0.1) is 19.7 Å². The van der Waals surface area contributed by atoms with E-state index in [-0.39, 0.29) is 0 Å². The SMILES string of the molecule is IC#Cc1cccc(C#CI)n1. The predicted molar refractivity (Wildman–Crippen MR) is 66.0 cm³/mol. The molecular weight excluding hydrogens is 376 g/mol. The highest BCUT2D eigenvalue weighted by atomic mass is 127. The number of hydrogen-bond donors (Lipinski definition) is 0. The zero-order valence-electron chi connectivity index (χ0n) is 5.94. The normalized spacial score (nSPS) is 7.50. The molecular formula is C9H3I2N. The first-order chi connectivity index (χ1) is 5.86. The van der Waals surface area contributed by atoms with Gasteiger partial charge in [-0.15, -0.1) is 0 Å². The third-order valence-electron chi connectivity index (χ3n) is 1.10. The summed E-state index contributed by atoms with van der Waals surface area (Å²) in [6.07, 6.45) is 0. The van der Waals surface area contributed by atoms with E-state index < -0.39 is 0 Å². The van der Waals surface area contributed by atoms with Gasteiger partial charge in [-0.05, 0) is 31.8 Å². The molecule has 1 rings (SSSR count). The molecule has 1 aromatic heterocycles. The van der Waals surface area contributed by atoms with Crippen molar-refractivity contribution in [3.05, 3.63) is 29.6 Å². The zero-order valence-corrected chi connectivity index (χ0v) is 10.3. The molecule has 0 aromatic carbocycles. The van der Waals surface area contributed by atoms with Gasteiger partial charge in [-0.2, -0.15) is 0 Å². The Morgan fingerprint density at radius 2 is 1.50 bits per heavy atom. The quantitative estimate of drug-likeness (QED) is 0.499. The summed E-state index contributed by atoms with van der Waals surface area (Å²) in [5, 5.41) is 0. The van der Waals surface area contributed by atoms with Gasteiger partial charge in [-0.1, -0.05) is 6.07 Å². The van der Waals surface area contributed by atoms with E-state index in [0.717, 1.165) is 11.4 Å². The summed E-state index contributed by atoms with van der Waals surface area (Å²) in [6.45, 7) is 0. The molecule has 3 heteroatoms. The van der Waals surface area contributed by atoms with Crippen LogP contribution in [0.4, 0.5) is 0 Å². The molecule has 0 bridgehead atoms. The third kappa shape index (κ3) is 3.00. The van der Waals surface area contributed by atoms with Crippen molar-refractivity contribution >= 4 is 45.2 Å². The fourth-order valence-corrected chi connectivity index (χ4v) is 1.22. The van der Waals surface area contributed by atoms with E-state index in [0.29, 0.717) is 0 Å². The lowest BCUT2D eigenvalue weighted by Gasteiger charge is -1.89. The molecule has 12 heavy (non-hydrogen) atoms. The molecule has 0 unspecified atom stereocenters. The molecule has 0 spiro atoms. The van der Waals surface area contributed by atoms with Gasteiger partial charge in [0, 0.05) is 45.2 Å². The van der Waals surface area contributed by atoms with Crippen LogP contribution in [-0.2, 0) is 0 Å². The van der Waals surface area contributed by atoms with Crippen LogP contribution in [0.2, 0.25) is 0 Å². The minimum atomic E-state index is 0.765. The summed E-state index contributed by atoms with van der Waals surface area (Å²) < 4.78 is 5.52. The van der Waals surface area contributed by atoms with Crippen LogP contribution in [0.25, 0.3) is 0 Å². The van der Waals surface area contributed by atoms with Crippen molar-refractivity contribution in [3.63, 3.8) is 0 Å². The minimum absolute atomic E-state index is 0.765. The van der Waals surface area contributed by atoms with Gasteiger partial charge in [-0.25, -0.2) is 4.98 Å². The van der Waals surface area contributed by atoms with Gasteiger partial charge in [0.25, 0.3) is 0 Å². The highest BCUT2D eigenvalue weighted by Crippen LogP contribution is 1.97. The molecule has 0 radical (unpaired) electrons. The van der Waals surface area contributed by atoms with Gasteiger partial charge >= 0.3 is 0 Å². The molecule has 0 fully saturated rings. The molecule has 1 heterocycles. The van der Waals surface area contributed by atoms with Crippen LogP contribution in [-0.4, -0.2) is 4.98 Å². The van der Waals surface area contributed by atoms with E-state index in [1.165, 1.54) is 0 Å². The van der Waals surface area contributed by atoms with Crippen molar-refractivity contribution in [1.29, 1.82) is 0 Å². The van der Waals surface area contributed by atoms with Crippen molar-refractivity contribution in [2.24, 2.45) is 0 Å². The van der Waals surface area contributed by atoms with Gasteiger partial charge in [0.05, 0.1) is 0 Å². The summed E-state index contributed by atoms with van der Waals surface area (Å²) in [6, 6.07) is 5.63. The molecule has 0 saturated heterocycles. The van der Waals surface area contributed by atoms with E-state index in [1.54, 1.807) is 0 Å². The van der Waals surface area contributed by atoms with Crippen LogP contribution in [0.1, 0.15) is 11.4 Å². The Labute approximate surface area is 98.6 Å². The Bertz CT molecular complexity index is 355. The number of nitrogens with zero attached hydrogens (tertiary/aromatic N) is 1. The lowest BCUT2D eigenvalue weighted by Crippen LogP contribution is -1.85. The number of pyridine rings is 1. The largest absolute Gasteiger partial charge is 0.231 e. The second-order valence-electron chi connectivity index (χ2n) is 1.85. The second kappa shape index (κ2) is 5.39. The molecule has 0 aliphatic carbocycles. The molecule has 1 aromatic rings. The van der Waals surface area contributed by atoms with E-state index in [1.807, 2.05) is 63.4 Å². The summed E-state index contributed by atoms with van der Waals surface area (Å²) in [5.74, 6) is 5.72. The predicted octanol–water partition coefficient (Wildman–Crippen LogP) is 2.57. The maximum absolute atomic E-state index is 4.20. The van der Waals surface area contributed by atoms with Crippen LogP contribution in [0.15, 0.2) is 18.2 Å². The number of hydrogen-bond acceptors (Lipinski definition) is 1. The van der Waals surface area contributed by atoms with Crippen molar-refractivity contribution in [1.82, 2.24) is 4.98 Å². The number of halogens is 2. The van der Waals surface area contributed by atoms with Crippen molar-refractivity contribution in [2.45, 2.75) is 0 Å². The average molecular weight is 379 g/mol. The fourth-order valence-electron chi connectivity index (χ4n) is 0.671. The molecule has 58 valence electrons. The molecule has 0 aliphatic heterocycles. The summed E-state index contributed by atoms with van der Waals surface area (Å²) in [5.41, 5.74) is 1.53. The first kappa shape index (κ1) is 9.82. The molecule has 0 atom stereocenters. The maximum Gasteiger partial charge on any atom is 0.115 e. The van der Waals surface area contributed by atoms with E-state index in [2.05, 4.69) is 24.7 Å². The topological polar surface area (TPSA) is 12.9 Å². The lowest BCUT2D eigenvalue weighted by atomic mass is 10.3. The molecule has 1 nitrogen and oxygen atoms in total. The van der Waals surface area contributed by atoms with Crippen LogP contribution in [0.3, 0.4) is 0 Å². The van der Waals surface area contributed by atoms with Crippen LogP contribution < -0.4 is 0 Å². The molecule has 0 aliphatic rings. The van der Waals surface area contributed by atoms with Crippen molar-refractivity contribution in [2.75, 3.05) is 0 Å². The molecule has 0 saturated carbocycles. The fraction of sp³-hybridized carbons (Fsp3) is 0. The smallest absolute Gasteiger partial charge is 0.115 e. The van der Waals surface area contributed by atoms with Crippen molar-refractivity contribution < 1.29 is 0 Å². The van der Waals surface area contributed by atoms with E-state index >= 15 is 0 Å². The monoisotopic (exact) mass is 379 g/mol. The Hall–Kier alpha value is -0.270. The first-order valence-corrected chi connectivity index (χ1v) is 5.23. The Balaban J connectivity index is 3.06. The summed E-state index contributed by atoms with van der Waals surface area (Å²) in [4.78, 5) is 4.20. The first-order valence-electron chi connectivity index (χ1n) is 3.07. The number of rotatable bonds is 0. The van der Waals surface area contributed by atoms with E-state index in [4.69, 9.17) is 0 Å². The Morgan fingerprint density at radius 3 is 1.92 bits per heavy atom. The van der Waals surface area contributed by atoms with Gasteiger partial charge in [-0.3, -0.25) is 0 Å². The summed E-state index contributed by atoms with van der Waals surface area (Å²) >= 11 is 3.97. The summed E-state index contributed by atoms with van der Waals surface area (Å²) in [7, 11) is 0. The third-order valence-corrected chi connectivity index (χ3v) is 1.64. The van der Waals surface area contributed by atoms with Gasteiger partial charge in [0.1, 0.15) is 11.4 Å². The number of aromatic nitrogens is 1. The van der Waals surface area contributed by atoms with Crippen LogP contribution >= 0.6 is 45.2 Å². The zero-order chi connectivity index (χ0) is 8.81. The minimum Gasteiger partial charge on any atom is -0.231 e. The van der Waals surface area contributed by atoms with Gasteiger partial charge in [0.15, 0.2) is 0 Å². The highest BCUT2D eigenvalue weighted by Gasteiger charge is 1.89. The van der Waals surface area contributed by atoms with E-state index in [9.17, 15) is 0 Å². The van der Waals surface area contributed by atoms with Gasteiger partial charge < -0.3 is 0 Å². The maximum atomic E-state index is 4.20. The standard InChI is InChI=1S/C9H3I2N/c10-6-4-8-2-1-3-9(12-8)5-7-11/h1-3H. The lowest BCUT2D eigenvalue weighted by molar-refractivity contribution is 1.25. The molecule has 0 amide bonds. The average Bonchev–Trinajstić information content (AvgIpc) is 2.06. The van der Waals surface area contributed by atoms with Crippen LogP contribution in [0.5, 0.6) is 0 Å². The van der Waals surface area contributed by atoms with Gasteiger partial charge in [0.2, 0.25) is 0 Å². The highest BCUT2D eigenvalue weighted by molar-refractivity contribution is 14.1. The Kier molecular flexibility index (Phi) is 4.41. The molecule has 0 N–H and O–H groups in total. The second-order valence-corrected chi connectivity index (χ2v) is 2.93.